The van der Waals surface area contributed by atoms with Crippen molar-refractivity contribution in [3.8, 4) is 0 Å². The van der Waals surface area contributed by atoms with Gasteiger partial charge in [-0.25, -0.2) is 14.6 Å². The van der Waals surface area contributed by atoms with E-state index >= 15 is 0 Å². The van der Waals surface area contributed by atoms with Gasteiger partial charge in [0, 0.05) is 11.8 Å². The third-order valence-corrected chi connectivity index (χ3v) is 4.41. The molecule has 27 heavy (non-hydrogen) atoms. The largest absolute Gasteiger partial charge is 0.478 e. The maximum atomic E-state index is 13.9. The quantitative estimate of drug-likeness (QED) is 0.643. The van der Waals surface area contributed by atoms with E-state index in [4.69, 9.17) is 0 Å². The lowest BCUT2D eigenvalue weighted by Gasteiger charge is -2.22. The Morgan fingerprint density at radius 1 is 1.22 bits per heavy atom. The van der Waals surface area contributed by atoms with Crippen LogP contribution in [0.3, 0.4) is 0 Å². The number of fused-ring (bicyclic) bond motifs is 1. The maximum absolute atomic E-state index is 13.9. The lowest BCUT2D eigenvalue weighted by atomic mass is 10.1. The lowest BCUT2D eigenvalue weighted by molar-refractivity contribution is 0.0697. The Hall–Kier alpha value is -3.45. The summed E-state index contributed by atoms with van der Waals surface area (Å²) < 4.78 is 13.9. The molecule has 0 radical (unpaired) electrons. The van der Waals surface area contributed by atoms with Crippen LogP contribution >= 0.6 is 0 Å². The molecule has 4 rings (SSSR count). The monoisotopic (exact) mass is 364 g/mol. The molecule has 6 nitrogen and oxygen atoms in total. The molecule has 3 aromatic rings. The van der Waals surface area contributed by atoms with E-state index in [9.17, 15) is 14.3 Å². The highest BCUT2D eigenvalue weighted by molar-refractivity contribution is 5.94. The van der Waals surface area contributed by atoms with Crippen molar-refractivity contribution in [2.45, 2.75) is 12.7 Å². The number of aromatic nitrogens is 1. The summed E-state index contributed by atoms with van der Waals surface area (Å²) in [5, 5.41) is 14.4. The molecule has 0 saturated heterocycles. The standard InChI is InChI=1S/C20H17FN4O2/c21-14-6-7-18-16(10-14)19(23-17-11-22-9-8-15(17)20(26)27)24-25(18)12-13-4-2-1-3-5-13/h1-11,19,23-24H,12H2,(H,26,27). The van der Waals surface area contributed by atoms with Crippen molar-refractivity contribution in [3.05, 3.63) is 89.5 Å². The van der Waals surface area contributed by atoms with Gasteiger partial charge in [0.25, 0.3) is 0 Å². The van der Waals surface area contributed by atoms with Crippen LogP contribution in [0.4, 0.5) is 15.8 Å². The van der Waals surface area contributed by atoms with E-state index in [1.165, 1.54) is 30.6 Å². The number of rotatable bonds is 5. The van der Waals surface area contributed by atoms with Crippen LogP contribution in [-0.4, -0.2) is 16.1 Å². The van der Waals surface area contributed by atoms with E-state index in [1.807, 2.05) is 35.3 Å². The van der Waals surface area contributed by atoms with Crippen LogP contribution in [0.25, 0.3) is 0 Å². The maximum Gasteiger partial charge on any atom is 0.337 e. The predicted molar refractivity (Wildman–Crippen MR) is 99.7 cm³/mol. The fourth-order valence-electron chi connectivity index (χ4n) is 3.16. The summed E-state index contributed by atoms with van der Waals surface area (Å²) in [6.45, 7) is 0.580. The molecule has 136 valence electrons. The topological polar surface area (TPSA) is 77.5 Å². The molecule has 2 aromatic carbocycles. The summed E-state index contributed by atoms with van der Waals surface area (Å²) in [6, 6.07) is 15.9. The number of aromatic carboxylic acids is 1. The predicted octanol–water partition coefficient (Wildman–Crippen LogP) is 3.55. The molecule has 0 fully saturated rings. The zero-order valence-corrected chi connectivity index (χ0v) is 14.3. The second kappa shape index (κ2) is 7.05. The summed E-state index contributed by atoms with van der Waals surface area (Å²) in [5.41, 5.74) is 6.37. The van der Waals surface area contributed by atoms with E-state index in [0.717, 1.165) is 11.3 Å². The van der Waals surface area contributed by atoms with E-state index in [2.05, 4.69) is 15.7 Å². The van der Waals surface area contributed by atoms with Crippen molar-refractivity contribution in [3.63, 3.8) is 0 Å². The molecule has 2 heterocycles. The number of benzene rings is 2. The van der Waals surface area contributed by atoms with Crippen LogP contribution in [-0.2, 0) is 6.54 Å². The summed E-state index contributed by atoms with van der Waals surface area (Å²) >= 11 is 0. The first kappa shape index (κ1) is 17.0. The smallest absolute Gasteiger partial charge is 0.337 e. The van der Waals surface area contributed by atoms with Crippen LogP contribution in [0.1, 0.15) is 27.7 Å². The minimum Gasteiger partial charge on any atom is -0.478 e. The number of hydrogen-bond donors (Lipinski definition) is 3. The summed E-state index contributed by atoms with van der Waals surface area (Å²) in [6.07, 6.45) is 2.39. The number of nitrogens with one attached hydrogen (secondary N) is 2. The molecule has 7 heteroatoms. The van der Waals surface area contributed by atoms with E-state index < -0.39 is 12.1 Å². The molecular weight excluding hydrogens is 347 g/mol. The molecule has 1 atom stereocenters. The van der Waals surface area contributed by atoms with Gasteiger partial charge in [-0.3, -0.25) is 4.98 Å². The summed E-state index contributed by atoms with van der Waals surface area (Å²) in [5.74, 6) is -1.41. The summed E-state index contributed by atoms with van der Waals surface area (Å²) in [4.78, 5) is 15.4. The van der Waals surface area contributed by atoms with Crippen molar-refractivity contribution in [1.82, 2.24) is 10.4 Å². The molecule has 0 aliphatic carbocycles. The van der Waals surface area contributed by atoms with Crippen LogP contribution in [0, 0.1) is 5.82 Å². The second-order valence-corrected chi connectivity index (χ2v) is 6.21. The Bertz CT molecular complexity index is 981. The number of nitrogens with zero attached hydrogens (tertiary/aromatic N) is 2. The third-order valence-electron chi connectivity index (χ3n) is 4.41. The molecule has 1 aromatic heterocycles. The molecule has 3 N–H and O–H groups in total. The highest BCUT2D eigenvalue weighted by atomic mass is 19.1. The van der Waals surface area contributed by atoms with Gasteiger partial charge in [-0.15, -0.1) is 0 Å². The van der Waals surface area contributed by atoms with Crippen molar-refractivity contribution >= 4 is 17.3 Å². The van der Waals surface area contributed by atoms with Gasteiger partial charge in [0.2, 0.25) is 0 Å². The first-order chi connectivity index (χ1) is 13.1. The molecule has 1 unspecified atom stereocenters. The Morgan fingerprint density at radius 3 is 2.81 bits per heavy atom. The molecule has 0 bridgehead atoms. The van der Waals surface area contributed by atoms with Crippen molar-refractivity contribution in [2.75, 3.05) is 10.3 Å². The van der Waals surface area contributed by atoms with Crippen LogP contribution < -0.4 is 15.8 Å². The molecule has 0 amide bonds. The van der Waals surface area contributed by atoms with Gasteiger partial charge < -0.3 is 15.4 Å². The number of hydrazine groups is 1. The number of halogens is 1. The van der Waals surface area contributed by atoms with Crippen molar-refractivity contribution in [2.24, 2.45) is 0 Å². The Morgan fingerprint density at radius 2 is 2.04 bits per heavy atom. The van der Waals surface area contributed by atoms with Gasteiger partial charge in [0.05, 0.1) is 29.7 Å². The number of carbonyl (C=O) groups is 1. The van der Waals surface area contributed by atoms with Crippen molar-refractivity contribution < 1.29 is 14.3 Å². The highest BCUT2D eigenvalue weighted by Crippen LogP contribution is 2.35. The number of carboxylic acid groups (broad SMARTS) is 1. The number of pyridine rings is 1. The average Bonchev–Trinajstić information content (AvgIpc) is 2.99. The van der Waals surface area contributed by atoms with Gasteiger partial charge in [-0.05, 0) is 29.8 Å². The Balaban J connectivity index is 1.65. The fourth-order valence-corrected chi connectivity index (χ4v) is 3.16. The third kappa shape index (κ3) is 3.45. The Labute approximate surface area is 155 Å². The minimum atomic E-state index is -1.06. The molecule has 1 aliphatic rings. The highest BCUT2D eigenvalue weighted by Gasteiger charge is 2.29. The second-order valence-electron chi connectivity index (χ2n) is 6.21. The molecular formula is C20H17FN4O2. The van der Waals surface area contributed by atoms with E-state index in [0.29, 0.717) is 17.8 Å². The Kier molecular flexibility index (Phi) is 4.43. The molecule has 0 saturated carbocycles. The minimum absolute atomic E-state index is 0.103. The SMILES string of the molecule is O=C(O)c1ccncc1NC1NN(Cc2ccccc2)c2ccc(F)cc21. The van der Waals surface area contributed by atoms with E-state index in [1.54, 1.807) is 6.07 Å². The normalized spacial score (nSPS) is 15.4. The first-order valence-electron chi connectivity index (χ1n) is 8.43. The number of carboxylic acids is 1. The zero-order valence-electron chi connectivity index (χ0n) is 14.3. The number of anilines is 2. The molecule has 0 spiro atoms. The van der Waals surface area contributed by atoms with Gasteiger partial charge in [0.1, 0.15) is 12.0 Å². The lowest BCUT2D eigenvalue weighted by Crippen LogP contribution is -2.36. The number of hydrogen-bond acceptors (Lipinski definition) is 5. The molecule has 1 aliphatic heterocycles. The van der Waals surface area contributed by atoms with Gasteiger partial charge in [-0.1, -0.05) is 30.3 Å². The van der Waals surface area contributed by atoms with Crippen LogP contribution in [0.2, 0.25) is 0 Å². The van der Waals surface area contributed by atoms with Crippen molar-refractivity contribution in [1.29, 1.82) is 0 Å². The zero-order chi connectivity index (χ0) is 18.8. The fraction of sp³-hybridized carbons (Fsp3) is 0.100. The van der Waals surface area contributed by atoms with Crippen LogP contribution in [0.15, 0.2) is 67.0 Å². The summed E-state index contributed by atoms with van der Waals surface area (Å²) in [7, 11) is 0. The van der Waals surface area contributed by atoms with Gasteiger partial charge in [0.15, 0.2) is 0 Å². The van der Waals surface area contributed by atoms with Crippen LogP contribution in [0.5, 0.6) is 0 Å². The van der Waals surface area contributed by atoms with Gasteiger partial charge in [-0.2, -0.15) is 0 Å². The first-order valence-corrected chi connectivity index (χ1v) is 8.43. The van der Waals surface area contributed by atoms with E-state index in [-0.39, 0.29) is 11.4 Å². The average molecular weight is 364 g/mol. The van der Waals surface area contributed by atoms with Gasteiger partial charge >= 0.3 is 5.97 Å².